The Labute approximate surface area is 166 Å². The lowest BCUT2D eigenvalue weighted by molar-refractivity contribution is 0.465. The van der Waals surface area contributed by atoms with Gasteiger partial charge in [0.15, 0.2) is 0 Å². The predicted octanol–water partition coefficient (Wildman–Crippen LogP) is 4.79. The van der Waals surface area contributed by atoms with Crippen molar-refractivity contribution < 1.29 is 9.09 Å². The van der Waals surface area contributed by atoms with Crippen LogP contribution in [-0.2, 0) is 4.57 Å². The standard InChI is InChI=1S/C22H24N3O2P/c26-28(27-22-14-8-3-9-15-22)24(20-10-4-1-5-11-20)18-16-23-17-19-25(28)21-12-6-2-7-13-21/h1-15,23H,16-19H2. The summed E-state index contributed by atoms with van der Waals surface area (Å²) in [5.74, 6) is 0.598. The number of anilines is 2. The van der Waals surface area contributed by atoms with Gasteiger partial charge in [-0.05, 0) is 36.4 Å². The van der Waals surface area contributed by atoms with Crippen LogP contribution in [0.2, 0.25) is 0 Å². The van der Waals surface area contributed by atoms with E-state index in [9.17, 15) is 4.57 Å². The Morgan fingerprint density at radius 3 is 1.57 bits per heavy atom. The second-order valence-electron chi connectivity index (χ2n) is 6.56. The third-order valence-corrected chi connectivity index (χ3v) is 7.22. The minimum Gasteiger partial charge on any atom is -0.414 e. The van der Waals surface area contributed by atoms with Crippen molar-refractivity contribution in [1.29, 1.82) is 0 Å². The van der Waals surface area contributed by atoms with Gasteiger partial charge in [-0.25, -0.2) is 4.57 Å². The van der Waals surface area contributed by atoms with Gasteiger partial charge in [0.05, 0.1) is 0 Å². The Kier molecular flexibility index (Phi) is 5.65. The fourth-order valence-electron chi connectivity index (χ4n) is 3.35. The van der Waals surface area contributed by atoms with Gasteiger partial charge in [0.25, 0.3) is 0 Å². The van der Waals surface area contributed by atoms with Gasteiger partial charge < -0.3 is 9.84 Å². The molecule has 1 aliphatic heterocycles. The number of hydrogen-bond acceptors (Lipinski definition) is 3. The molecule has 4 rings (SSSR count). The first kappa shape index (κ1) is 18.6. The van der Waals surface area contributed by atoms with Gasteiger partial charge in [-0.1, -0.05) is 54.6 Å². The van der Waals surface area contributed by atoms with Crippen LogP contribution >= 0.6 is 7.67 Å². The summed E-state index contributed by atoms with van der Waals surface area (Å²) in [4.78, 5) is 0. The van der Waals surface area contributed by atoms with E-state index >= 15 is 0 Å². The minimum absolute atomic E-state index is 0.581. The normalized spacial score (nSPS) is 16.9. The zero-order valence-electron chi connectivity index (χ0n) is 15.6. The van der Waals surface area contributed by atoms with Crippen LogP contribution < -0.4 is 19.2 Å². The summed E-state index contributed by atoms with van der Waals surface area (Å²) in [6.45, 7) is 2.63. The average Bonchev–Trinajstić information content (AvgIpc) is 2.74. The first-order valence-corrected chi connectivity index (χ1v) is 11.0. The van der Waals surface area contributed by atoms with E-state index in [0.717, 1.165) is 24.5 Å². The van der Waals surface area contributed by atoms with Crippen molar-refractivity contribution >= 4 is 19.0 Å². The fraction of sp³-hybridized carbons (Fsp3) is 0.182. The zero-order chi connectivity index (χ0) is 19.2. The maximum atomic E-state index is 14.6. The molecule has 1 heterocycles. The quantitative estimate of drug-likeness (QED) is 0.646. The molecule has 3 aromatic carbocycles. The molecule has 1 aliphatic rings. The summed E-state index contributed by atoms with van der Waals surface area (Å²) in [5, 5.41) is 3.43. The number of benzene rings is 3. The van der Waals surface area contributed by atoms with Crippen LogP contribution in [0.5, 0.6) is 5.75 Å². The lowest BCUT2D eigenvalue weighted by Gasteiger charge is -2.41. The molecule has 0 radical (unpaired) electrons. The molecule has 0 bridgehead atoms. The van der Waals surface area contributed by atoms with E-state index in [4.69, 9.17) is 4.52 Å². The smallest absolute Gasteiger partial charge is 0.414 e. The molecular weight excluding hydrogens is 369 g/mol. The second kappa shape index (κ2) is 8.51. The summed E-state index contributed by atoms with van der Waals surface area (Å²) in [5.41, 5.74) is 1.76. The first-order chi connectivity index (χ1) is 13.8. The van der Waals surface area contributed by atoms with E-state index in [1.165, 1.54) is 0 Å². The summed E-state index contributed by atoms with van der Waals surface area (Å²) in [7, 11) is -3.44. The Bertz CT molecular complexity index is 869. The lowest BCUT2D eigenvalue weighted by Crippen LogP contribution is -2.44. The Balaban J connectivity index is 1.83. The van der Waals surface area contributed by atoms with Crippen LogP contribution in [0, 0.1) is 0 Å². The van der Waals surface area contributed by atoms with Crippen molar-refractivity contribution in [2.45, 2.75) is 0 Å². The topological polar surface area (TPSA) is 44.8 Å². The Hall–Kier alpha value is -2.75. The third kappa shape index (κ3) is 3.91. The maximum Gasteiger partial charge on any atom is 0.449 e. The van der Waals surface area contributed by atoms with Crippen molar-refractivity contribution in [2.24, 2.45) is 0 Å². The van der Waals surface area contributed by atoms with Gasteiger partial charge in [-0.15, -0.1) is 0 Å². The number of nitrogens with zero attached hydrogens (tertiary/aromatic N) is 2. The molecule has 144 valence electrons. The third-order valence-electron chi connectivity index (χ3n) is 4.69. The first-order valence-electron chi connectivity index (χ1n) is 9.49. The van der Waals surface area contributed by atoms with Crippen molar-refractivity contribution in [3.8, 4) is 5.75 Å². The SMILES string of the molecule is O=P1(Oc2ccccc2)N(c2ccccc2)CCNCCN1c1ccccc1. The van der Waals surface area contributed by atoms with E-state index in [-0.39, 0.29) is 0 Å². The summed E-state index contributed by atoms with van der Waals surface area (Å²) in [6, 6.07) is 29.1. The van der Waals surface area contributed by atoms with Gasteiger partial charge in [-0.2, -0.15) is 0 Å². The van der Waals surface area contributed by atoms with Crippen molar-refractivity contribution in [1.82, 2.24) is 5.32 Å². The van der Waals surface area contributed by atoms with Crippen LogP contribution in [0.15, 0.2) is 91.0 Å². The average molecular weight is 393 g/mol. The van der Waals surface area contributed by atoms with E-state index in [0.29, 0.717) is 18.8 Å². The summed E-state index contributed by atoms with van der Waals surface area (Å²) >= 11 is 0. The molecule has 0 aromatic heterocycles. The number of nitrogens with one attached hydrogen (secondary N) is 1. The van der Waals surface area contributed by atoms with Gasteiger partial charge in [0, 0.05) is 37.6 Å². The summed E-state index contributed by atoms with van der Waals surface area (Å²) in [6.07, 6.45) is 0. The highest BCUT2D eigenvalue weighted by Crippen LogP contribution is 2.57. The molecule has 5 nitrogen and oxygen atoms in total. The van der Waals surface area contributed by atoms with Gasteiger partial charge in [-0.3, -0.25) is 9.34 Å². The molecule has 0 aliphatic carbocycles. The van der Waals surface area contributed by atoms with Crippen LogP contribution in [0.3, 0.4) is 0 Å². The minimum atomic E-state index is -3.44. The van der Waals surface area contributed by atoms with E-state index in [1.807, 2.05) is 100 Å². The molecule has 0 saturated carbocycles. The molecular formula is C22H24N3O2P. The molecule has 0 spiro atoms. The predicted molar refractivity (Wildman–Crippen MR) is 115 cm³/mol. The van der Waals surface area contributed by atoms with Gasteiger partial charge >= 0.3 is 7.67 Å². The summed E-state index contributed by atoms with van der Waals surface area (Å²) < 4.78 is 24.7. The van der Waals surface area contributed by atoms with Gasteiger partial charge in [0.2, 0.25) is 0 Å². The number of hydrogen-bond donors (Lipinski definition) is 1. The van der Waals surface area contributed by atoms with Crippen molar-refractivity contribution in [3.63, 3.8) is 0 Å². The monoisotopic (exact) mass is 393 g/mol. The van der Waals surface area contributed by atoms with Crippen molar-refractivity contribution in [2.75, 3.05) is 35.5 Å². The lowest BCUT2D eigenvalue weighted by atomic mass is 10.3. The van der Waals surface area contributed by atoms with Crippen LogP contribution in [-0.4, -0.2) is 26.2 Å². The van der Waals surface area contributed by atoms with Crippen LogP contribution in [0.1, 0.15) is 0 Å². The Morgan fingerprint density at radius 1 is 0.679 bits per heavy atom. The number of para-hydroxylation sites is 3. The van der Waals surface area contributed by atoms with E-state index in [2.05, 4.69) is 5.32 Å². The van der Waals surface area contributed by atoms with Gasteiger partial charge in [0.1, 0.15) is 5.75 Å². The molecule has 28 heavy (non-hydrogen) atoms. The molecule has 1 saturated heterocycles. The molecule has 6 heteroatoms. The number of rotatable bonds is 4. The largest absolute Gasteiger partial charge is 0.449 e. The molecule has 0 atom stereocenters. The molecule has 1 N–H and O–H groups in total. The van der Waals surface area contributed by atoms with Crippen LogP contribution in [0.25, 0.3) is 0 Å². The molecule has 1 fully saturated rings. The maximum absolute atomic E-state index is 14.6. The van der Waals surface area contributed by atoms with Crippen molar-refractivity contribution in [3.05, 3.63) is 91.0 Å². The van der Waals surface area contributed by atoms with Crippen LogP contribution in [0.4, 0.5) is 11.4 Å². The highest BCUT2D eigenvalue weighted by molar-refractivity contribution is 7.62. The fourth-order valence-corrected chi connectivity index (χ4v) is 5.76. The molecule has 0 unspecified atom stereocenters. The van der Waals surface area contributed by atoms with E-state index < -0.39 is 7.67 Å². The highest BCUT2D eigenvalue weighted by Gasteiger charge is 2.41. The highest BCUT2D eigenvalue weighted by atomic mass is 31.2. The molecule has 0 amide bonds. The Morgan fingerprint density at radius 2 is 1.11 bits per heavy atom. The second-order valence-corrected chi connectivity index (χ2v) is 8.69. The van der Waals surface area contributed by atoms with E-state index in [1.54, 1.807) is 0 Å². The molecule has 3 aromatic rings. The zero-order valence-corrected chi connectivity index (χ0v) is 16.5.